The maximum Gasteiger partial charge on any atom is 0.130 e. The van der Waals surface area contributed by atoms with Crippen molar-refractivity contribution in [3.05, 3.63) is 17.7 Å². The average molecular weight is 221 g/mol. The fourth-order valence-electron chi connectivity index (χ4n) is 2.20. The molecule has 4 nitrogen and oxygen atoms in total. The van der Waals surface area contributed by atoms with Gasteiger partial charge in [0.1, 0.15) is 11.6 Å². The van der Waals surface area contributed by atoms with Crippen molar-refractivity contribution in [1.82, 2.24) is 14.9 Å². The summed E-state index contributed by atoms with van der Waals surface area (Å²) in [6.45, 7) is 3.89. The Hall–Kier alpha value is -1.16. The molecule has 1 unspecified atom stereocenters. The van der Waals surface area contributed by atoms with Crippen molar-refractivity contribution in [2.75, 3.05) is 20.1 Å². The molecule has 1 atom stereocenters. The number of carbonyl (C=O) groups is 1. The van der Waals surface area contributed by atoms with Crippen molar-refractivity contribution in [2.24, 2.45) is 0 Å². The molecule has 0 aromatic carbocycles. The second-order valence-electron chi connectivity index (χ2n) is 4.74. The molecule has 2 heterocycles. The molecule has 0 aliphatic carbocycles. The molecule has 1 aromatic rings. The van der Waals surface area contributed by atoms with E-state index in [1.54, 1.807) is 6.92 Å². The van der Waals surface area contributed by atoms with Crippen LogP contribution in [0.25, 0.3) is 0 Å². The number of Topliss-reactive ketones (excluding diaryl/α,β-unsaturated/α-hetero) is 1. The number of nitrogens with one attached hydrogen (secondary N) is 1. The number of aromatic amines is 1. The molecule has 0 radical (unpaired) electrons. The Bertz CT molecular complexity index is 372. The highest BCUT2D eigenvalue weighted by Crippen LogP contribution is 2.24. The van der Waals surface area contributed by atoms with Crippen molar-refractivity contribution in [2.45, 2.75) is 32.1 Å². The zero-order valence-corrected chi connectivity index (χ0v) is 9.99. The summed E-state index contributed by atoms with van der Waals surface area (Å²) >= 11 is 0. The molecule has 1 aromatic heterocycles. The number of hydrogen-bond acceptors (Lipinski definition) is 3. The van der Waals surface area contributed by atoms with E-state index in [1.165, 1.54) is 12.1 Å². The first-order valence-corrected chi connectivity index (χ1v) is 5.87. The lowest BCUT2D eigenvalue weighted by atomic mass is 10.1. The van der Waals surface area contributed by atoms with Gasteiger partial charge in [0.05, 0.1) is 0 Å². The van der Waals surface area contributed by atoms with Gasteiger partial charge >= 0.3 is 0 Å². The lowest BCUT2D eigenvalue weighted by molar-refractivity contribution is -0.117. The first-order chi connectivity index (χ1) is 7.65. The Labute approximate surface area is 96.1 Å². The molecule has 0 bridgehead atoms. The summed E-state index contributed by atoms with van der Waals surface area (Å²) in [7, 11) is 2.15. The fraction of sp³-hybridized carbons (Fsp3) is 0.667. The number of hydrogen-bond donors (Lipinski definition) is 1. The van der Waals surface area contributed by atoms with Crippen LogP contribution in [0.15, 0.2) is 6.20 Å². The van der Waals surface area contributed by atoms with E-state index in [4.69, 9.17) is 0 Å². The van der Waals surface area contributed by atoms with Crippen LogP contribution in [-0.4, -0.2) is 40.8 Å². The van der Waals surface area contributed by atoms with Gasteiger partial charge in [-0.3, -0.25) is 0 Å². The number of aromatic nitrogens is 2. The first-order valence-electron chi connectivity index (χ1n) is 5.87. The molecule has 88 valence electrons. The second-order valence-corrected chi connectivity index (χ2v) is 4.74. The van der Waals surface area contributed by atoms with Gasteiger partial charge in [0, 0.05) is 37.2 Å². The number of rotatable bonds is 4. The molecule has 1 saturated heterocycles. The van der Waals surface area contributed by atoms with Crippen LogP contribution in [0.4, 0.5) is 0 Å². The number of aryl methyl sites for hydroxylation is 1. The number of carbonyl (C=O) groups excluding carboxylic acids is 1. The van der Waals surface area contributed by atoms with E-state index in [0.717, 1.165) is 25.3 Å². The van der Waals surface area contributed by atoms with Crippen LogP contribution < -0.4 is 0 Å². The highest BCUT2D eigenvalue weighted by Gasteiger charge is 2.22. The molecular weight excluding hydrogens is 202 g/mol. The van der Waals surface area contributed by atoms with Crippen LogP contribution in [0.1, 0.15) is 37.2 Å². The van der Waals surface area contributed by atoms with Gasteiger partial charge in [-0.25, -0.2) is 4.98 Å². The quantitative estimate of drug-likeness (QED) is 0.835. The van der Waals surface area contributed by atoms with E-state index in [9.17, 15) is 4.79 Å². The molecule has 2 rings (SSSR count). The Kier molecular flexibility index (Phi) is 3.39. The molecule has 16 heavy (non-hydrogen) atoms. The standard InChI is InChI=1S/C12H19N3O/c1-9(16)3-4-12-13-7-11(14-12)10-5-6-15(2)8-10/h7,10H,3-6,8H2,1-2H3,(H,13,14). The topological polar surface area (TPSA) is 49.0 Å². The minimum atomic E-state index is 0.221. The summed E-state index contributed by atoms with van der Waals surface area (Å²) in [6.07, 6.45) is 4.44. The van der Waals surface area contributed by atoms with Gasteiger partial charge in [-0.1, -0.05) is 0 Å². The summed E-state index contributed by atoms with van der Waals surface area (Å²) in [5, 5.41) is 0. The number of likely N-dealkylation sites (N-methyl/N-ethyl adjacent to an activating group) is 1. The van der Waals surface area contributed by atoms with E-state index < -0.39 is 0 Å². The third-order valence-corrected chi connectivity index (χ3v) is 3.19. The van der Waals surface area contributed by atoms with Crippen LogP contribution in [0, 0.1) is 0 Å². The normalized spacial score (nSPS) is 21.5. The van der Waals surface area contributed by atoms with Crippen molar-refractivity contribution >= 4 is 5.78 Å². The van der Waals surface area contributed by atoms with Crippen molar-refractivity contribution in [1.29, 1.82) is 0 Å². The molecule has 0 spiro atoms. The molecule has 4 heteroatoms. The SMILES string of the molecule is CC(=O)CCc1ncc(C2CCN(C)C2)[nH]1. The number of ketones is 1. The van der Waals surface area contributed by atoms with Crippen molar-refractivity contribution < 1.29 is 4.79 Å². The van der Waals surface area contributed by atoms with E-state index in [1.807, 2.05) is 6.20 Å². The molecule has 1 N–H and O–H groups in total. The molecule has 0 amide bonds. The maximum atomic E-state index is 10.9. The van der Waals surface area contributed by atoms with E-state index in [2.05, 4.69) is 21.9 Å². The van der Waals surface area contributed by atoms with Crippen molar-refractivity contribution in [3.63, 3.8) is 0 Å². The Morgan fingerprint density at radius 3 is 3.12 bits per heavy atom. The fourth-order valence-corrected chi connectivity index (χ4v) is 2.20. The largest absolute Gasteiger partial charge is 0.346 e. The van der Waals surface area contributed by atoms with Crippen LogP contribution in [0.5, 0.6) is 0 Å². The Balaban J connectivity index is 1.94. The average Bonchev–Trinajstić information content (AvgIpc) is 2.83. The molecular formula is C12H19N3O. The smallest absolute Gasteiger partial charge is 0.130 e. The van der Waals surface area contributed by atoms with Gasteiger partial charge in [0.25, 0.3) is 0 Å². The van der Waals surface area contributed by atoms with Gasteiger partial charge < -0.3 is 14.7 Å². The van der Waals surface area contributed by atoms with Gasteiger partial charge in [-0.05, 0) is 26.9 Å². The van der Waals surface area contributed by atoms with Gasteiger partial charge in [0.15, 0.2) is 0 Å². The highest BCUT2D eigenvalue weighted by molar-refractivity contribution is 5.75. The molecule has 1 aliphatic rings. The first kappa shape index (κ1) is 11.3. The summed E-state index contributed by atoms with van der Waals surface area (Å²) in [5.41, 5.74) is 1.22. The minimum absolute atomic E-state index is 0.221. The highest BCUT2D eigenvalue weighted by atomic mass is 16.1. The third kappa shape index (κ3) is 2.70. The second kappa shape index (κ2) is 4.78. The van der Waals surface area contributed by atoms with Gasteiger partial charge in [-0.15, -0.1) is 0 Å². The third-order valence-electron chi connectivity index (χ3n) is 3.19. The van der Waals surface area contributed by atoms with Crippen LogP contribution in [0.3, 0.4) is 0 Å². The summed E-state index contributed by atoms with van der Waals surface area (Å²) in [4.78, 5) is 20.9. The van der Waals surface area contributed by atoms with Crippen LogP contribution in [0.2, 0.25) is 0 Å². The predicted molar refractivity (Wildman–Crippen MR) is 62.4 cm³/mol. The summed E-state index contributed by atoms with van der Waals surface area (Å²) in [5.74, 6) is 1.75. The monoisotopic (exact) mass is 221 g/mol. The van der Waals surface area contributed by atoms with Gasteiger partial charge in [0.2, 0.25) is 0 Å². The molecule has 1 aliphatic heterocycles. The maximum absolute atomic E-state index is 10.9. The number of likely N-dealkylation sites (tertiary alicyclic amines) is 1. The van der Waals surface area contributed by atoms with Gasteiger partial charge in [-0.2, -0.15) is 0 Å². The van der Waals surface area contributed by atoms with Crippen LogP contribution in [-0.2, 0) is 11.2 Å². The lowest BCUT2D eigenvalue weighted by Gasteiger charge is -2.07. The summed E-state index contributed by atoms with van der Waals surface area (Å²) in [6, 6.07) is 0. The molecule has 0 saturated carbocycles. The number of imidazole rings is 1. The van der Waals surface area contributed by atoms with E-state index in [-0.39, 0.29) is 5.78 Å². The number of H-pyrrole nitrogens is 1. The zero-order valence-electron chi connectivity index (χ0n) is 9.99. The minimum Gasteiger partial charge on any atom is -0.346 e. The van der Waals surface area contributed by atoms with E-state index in [0.29, 0.717) is 12.3 Å². The Morgan fingerprint density at radius 2 is 2.50 bits per heavy atom. The van der Waals surface area contributed by atoms with Crippen LogP contribution >= 0.6 is 0 Å². The van der Waals surface area contributed by atoms with Crippen molar-refractivity contribution in [3.8, 4) is 0 Å². The predicted octanol–water partition coefficient (Wildman–Crippen LogP) is 1.35. The number of nitrogens with zero attached hydrogens (tertiary/aromatic N) is 2. The molecule has 1 fully saturated rings. The van der Waals surface area contributed by atoms with E-state index >= 15 is 0 Å². The zero-order chi connectivity index (χ0) is 11.5. The lowest BCUT2D eigenvalue weighted by Crippen LogP contribution is -2.13. The summed E-state index contributed by atoms with van der Waals surface area (Å²) < 4.78 is 0. The Morgan fingerprint density at radius 1 is 1.69 bits per heavy atom.